The largest absolute Gasteiger partial charge is 0.336 e. The molecule has 1 fully saturated rings. The molecule has 168 valence electrons. The number of rotatable bonds is 5. The van der Waals surface area contributed by atoms with Crippen LogP contribution in [0.25, 0.3) is 22.0 Å². The van der Waals surface area contributed by atoms with E-state index in [1.165, 1.54) is 12.1 Å². The normalized spacial score (nSPS) is 14.5. The fourth-order valence-electron chi connectivity index (χ4n) is 3.80. The van der Waals surface area contributed by atoms with Gasteiger partial charge in [-0.1, -0.05) is 5.16 Å². The molecule has 3 heterocycles. The van der Waals surface area contributed by atoms with Crippen LogP contribution in [0.2, 0.25) is 0 Å². The summed E-state index contributed by atoms with van der Waals surface area (Å²) in [5.74, 6) is 0.799. The fourth-order valence-corrected chi connectivity index (χ4v) is 4.61. The molecule has 4 aromatic rings. The average Bonchev–Trinajstić information content (AvgIpc) is 3.49. The zero-order valence-electron chi connectivity index (χ0n) is 18.1. The minimum absolute atomic E-state index is 0.0233. The van der Waals surface area contributed by atoms with Crippen LogP contribution in [0.15, 0.2) is 58.4 Å². The highest BCUT2D eigenvalue weighted by atomic mass is 32.1. The smallest absolute Gasteiger partial charge is 0.257 e. The molecule has 1 aliphatic rings. The van der Waals surface area contributed by atoms with Gasteiger partial charge in [-0.15, -0.1) is 11.3 Å². The van der Waals surface area contributed by atoms with Crippen molar-refractivity contribution in [1.82, 2.24) is 24.9 Å². The topological polar surface area (TPSA) is 75.4 Å². The van der Waals surface area contributed by atoms with E-state index < -0.39 is 0 Å². The zero-order chi connectivity index (χ0) is 22.8. The summed E-state index contributed by atoms with van der Waals surface area (Å²) in [6.45, 7) is 5.40. The number of hydrogen-bond acceptors (Lipinski definition) is 7. The van der Waals surface area contributed by atoms with Crippen LogP contribution in [-0.2, 0) is 6.54 Å². The number of thiazole rings is 1. The summed E-state index contributed by atoms with van der Waals surface area (Å²) in [4.78, 5) is 26.0. The van der Waals surface area contributed by atoms with Crippen molar-refractivity contribution in [3.8, 4) is 22.0 Å². The summed E-state index contributed by atoms with van der Waals surface area (Å²) in [6, 6.07) is 13.7. The predicted molar refractivity (Wildman–Crippen MR) is 123 cm³/mol. The first-order valence-electron chi connectivity index (χ1n) is 10.7. The number of nitrogens with zero attached hydrogens (tertiary/aromatic N) is 5. The number of aromatic nitrogens is 3. The Morgan fingerprint density at radius 3 is 2.36 bits per heavy atom. The molecule has 9 heteroatoms. The highest BCUT2D eigenvalue weighted by Gasteiger charge is 2.23. The van der Waals surface area contributed by atoms with Crippen LogP contribution in [0.1, 0.15) is 21.9 Å². The van der Waals surface area contributed by atoms with E-state index in [1.807, 2.05) is 22.4 Å². The molecule has 1 amide bonds. The number of aryl methyl sites for hydroxylation is 1. The van der Waals surface area contributed by atoms with E-state index in [0.717, 1.165) is 41.5 Å². The van der Waals surface area contributed by atoms with Gasteiger partial charge in [0.2, 0.25) is 0 Å². The summed E-state index contributed by atoms with van der Waals surface area (Å²) in [6.07, 6.45) is 0. The lowest BCUT2D eigenvalue weighted by Crippen LogP contribution is -2.48. The Kier molecular flexibility index (Phi) is 5.97. The molecule has 0 bridgehead atoms. The molecule has 1 saturated heterocycles. The van der Waals surface area contributed by atoms with Crippen molar-refractivity contribution >= 4 is 17.2 Å². The van der Waals surface area contributed by atoms with Crippen LogP contribution in [0.4, 0.5) is 4.39 Å². The highest BCUT2D eigenvalue weighted by molar-refractivity contribution is 7.13. The predicted octanol–water partition coefficient (Wildman–Crippen LogP) is 4.27. The Hall–Kier alpha value is -3.43. The number of benzene rings is 2. The molecule has 5 rings (SSSR count). The number of halogens is 1. The van der Waals surface area contributed by atoms with Crippen molar-refractivity contribution < 1.29 is 13.7 Å². The molecular weight excluding hydrogens is 441 g/mol. The van der Waals surface area contributed by atoms with Crippen LogP contribution in [0.3, 0.4) is 0 Å². The summed E-state index contributed by atoms with van der Waals surface area (Å²) >= 11 is 1.56. The van der Waals surface area contributed by atoms with Crippen LogP contribution >= 0.6 is 11.3 Å². The molecule has 0 N–H and O–H groups in total. The van der Waals surface area contributed by atoms with Crippen molar-refractivity contribution in [2.45, 2.75) is 13.5 Å². The molecule has 0 radical (unpaired) electrons. The number of amides is 1. The standard InChI is InChI=1S/C24H22FN5O2S/c1-16-26-22(32-28-16)17-2-4-19(5-3-17)24(31)30-12-10-29(11-13-30)14-21-15-33-23(27-21)18-6-8-20(25)9-7-18/h2-9,15H,10-14H2,1H3. The Labute approximate surface area is 194 Å². The number of carbonyl (C=O) groups excluding carboxylic acids is 1. The minimum Gasteiger partial charge on any atom is -0.336 e. The van der Waals surface area contributed by atoms with E-state index in [-0.39, 0.29) is 11.7 Å². The maximum atomic E-state index is 13.1. The van der Waals surface area contributed by atoms with E-state index in [4.69, 9.17) is 9.51 Å². The molecule has 1 aliphatic heterocycles. The van der Waals surface area contributed by atoms with Gasteiger partial charge >= 0.3 is 0 Å². The molecule has 0 spiro atoms. The van der Waals surface area contributed by atoms with Crippen molar-refractivity contribution in [3.05, 3.63) is 76.8 Å². The Balaban J connectivity index is 1.16. The third-order valence-corrected chi connectivity index (χ3v) is 6.53. The van der Waals surface area contributed by atoms with E-state index in [1.54, 1.807) is 42.5 Å². The van der Waals surface area contributed by atoms with Gasteiger partial charge in [-0.05, 0) is 55.5 Å². The van der Waals surface area contributed by atoms with Crippen LogP contribution in [0.5, 0.6) is 0 Å². The van der Waals surface area contributed by atoms with Gasteiger partial charge in [0, 0.05) is 54.8 Å². The Morgan fingerprint density at radius 2 is 1.70 bits per heavy atom. The second kappa shape index (κ2) is 9.21. The maximum Gasteiger partial charge on any atom is 0.257 e. The maximum absolute atomic E-state index is 13.1. The molecule has 2 aromatic heterocycles. The second-order valence-electron chi connectivity index (χ2n) is 7.94. The van der Waals surface area contributed by atoms with Gasteiger partial charge in [0.05, 0.1) is 5.69 Å². The minimum atomic E-state index is -0.249. The summed E-state index contributed by atoms with van der Waals surface area (Å²) in [5.41, 5.74) is 3.35. The van der Waals surface area contributed by atoms with Crippen molar-refractivity contribution in [2.24, 2.45) is 0 Å². The SMILES string of the molecule is Cc1noc(-c2ccc(C(=O)N3CCN(Cc4csc(-c5ccc(F)cc5)n4)CC3)cc2)n1. The first-order valence-corrected chi connectivity index (χ1v) is 11.6. The monoisotopic (exact) mass is 463 g/mol. The van der Waals surface area contributed by atoms with Gasteiger partial charge in [0.25, 0.3) is 11.8 Å². The summed E-state index contributed by atoms with van der Waals surface area (Å²) in [7, 11) is 0. The lowest BCUT2D eigenvalue weighted by atomic mass is 10.1. The molecule has 33 heavy (non-hydrogen) atoms. The van der Waals surface area contributed by atoms with Gasteiger partial charge in [0.15, 0.2) is 5.82 Å². The summed E-state index contributed by atoms with van der Waals surface area (Å²) in [5, 5.41) is 6.73. The van der Waals surface area contributed by atoms with Crippen molar-refractivity contribution in [3.63, 3.8) is 0 Å². The van der Waals surface area contributed by atoms with E-state index >= 15 is 0 Å². The van der Waals surface area contributed by atoms with Gasteiger partial charge in [-0.25, -0.2) is 9.37 Å². The average molecular weight is 464 g/mol. The van der Waals surface area contributed by atoms with E-state index in [0.29, 0.717) is 30.4 Å². The number of piperazine rings is 1. The van der Waals surface area contributed by atoms with Crippen LogP contribution < -0.4 is 0 Å². The molecule has 0 atom stereocenters. The first-order chi connectivity index (χ1) is 16.0. The van der Waals surface area contributed by atoms with Gasteiger partial charge in [-0.3, -0.25) is 9.69 Å². The number of hydrogen-bond donors (Lipinski definition) is 0. The van der Waals surface area contributed by atoms with Gasteiger partial charge < -0.3 is 9.42 Å². The number of carbonyl (C=O) groups is 1. The Bertz CT molecular complexity index is 1240. The lowest BCUT2D eigenvalue weighted by Gasteiger charge is -2.34. The van der Waals surface area contributed by atoms with Crippen molar-refractivity contribution in [1.29, 1.82) is 0 Å². The quantitative estimate of drug-likeness (QED) is 0.440. The first kappa shape index (κ1) is 21.4. The van der Waals surface area contributed by atoms with E-state index in [9.17, 15) is 9.18 Å². The molecule has 7 nitrogen and oxygen atoms in total. The lowest BCUT2D eigenvalue weighted by molar-refractivity contribution is 0.0627. The Morgan fingerprint density at radius 1 is 1.00 bits per heavy atom. The third kappa shape index (κ3) is 4.84. The molecular formula is C24H22FN5O2S. The molecule has 0 saturated carbocycles. The fraction of sp³-hybridized carbons (Fsp3) is 0.250. The van der Waals surface area contributed by atoms with Crippen molar-refractivity contribution in [2.75, 3.05) is 26.2 Å². The van der Waals surface area contributed by atoms with E-state index in [2.05, 4.69) is 15.0 Å². The van der Waals surface area contributed by atoms with Gasteiger partial charge in [-0.2, -0.15) is 4.98 Å². The molecule has 2 aromatic carbocycles. The second-order valence-corrected chi connectivity index (χ2v) is 8.80. The summed E-state index contributed by atoms with van der Waals surface area (Å²) < 4.78 is 18.3. The zero-order valence-corrected chi connectivity index (χ0v) is 18.9. The third-order valence-electron chi connectivity index (χ3n) is 5.59. The van der Waals surface area contributed by atoms with Gasteiger partial charge in [0.1, 0.15) is 10.8 Å². The molecule has 0 unspecified atom stereocenters. The van der Waals surface area contributed by atoms with Crippen LogP contribution in [-0.4, -0.2) is 57.0 Å². The highest BCUT2D eigenvalue weighted by Crippen LogP contribution is 2.25. The molecule has 0 aliphatic carbocycles. The van der Waals surface area contributed by atoms with Crippen LogP contribution in [0, 0.1) is 12.7 Å².